The normalized spacial score (nSPS) is 14.8. The number of carbonyl (C=O) groups excluding carboxylic acids is 1. The van der Waals surface area contributed by atoms with E-state index in [2.05, 4.69) is 16.3 Å². The number of amides is 2. The molecular formula is C15H20N4O. The third kappa shape index (κ3) is 3.21. The van der Waals surface area contributed by atoms with Crippen LogP contribution < -0.4 is 10.2 Å². The van der Waals surface area contributed by atoms with Crippen molar-refractivity contribution < 1.29 is 4.79 Å². The Morgan fingerprint density at radius 2 is 2.00 bits per heavy atom. The van der Waals surface area contributed by atoms with Crippen molar-refractivity contribution in [3.8, 4) is 6.07 Å². The quantitative estimate of drug-likeness (QED) is 0.912. The predicted molar refractivity (Wildman–Crippen MR) is 78.6 cm³/mol. The highest BCUT2D eigenvalue weighted by molar-refractivity contribution is 5.74. The van der Waals surface area contributed by atoms with Crippen LogP contribution in [0.1, 0.15) is 18.9 Å². The number of urea groups is 1. The van der Waals surface area contributed by atoms with E-state index in [1.165, 1.54) is 0 Å². The molecule has 1 aromatic carbocycles. The van der Waals surface area contributed by atoms with Gasteiger partial charge in [-0.3, -0.25) is 0 Å². The SMILES string of the molecule is CCCNC(=O)N1CCN(c2ccccc2C#N)CC1. The first kappa shape index (κ1) is 14.2. The third-order valence-electron chi connectivity index (χ3n) is 3.46. The predicted octanol–water partition coefficient (Wildman–Crippen LogP) is 1.80. The molecular weight excluding hydrogens is 252 g/mol. The Morgan fingerprint density at radius 1 is 1.30 bits per heavy atom. The highest BCUT2D eigenvalue weighted by Crippen LogP contribution is 2.20. The van der Waals surface area contributed by atoms with Crippen molar-refractivity contribution in [2.75, 3.05) is 37.6 Å². The zero-order valence-electron chi connectivity index (χ0n) is 11.8. The first-order chi connectivity index (χ1) is 9.76. The van der Waals surface area contributed by atoms with E-state index in [1.54, 1.807) is 0 Å². The van der Waals surface area contributed by atoms with Crippen LogP contribution >= 0.6 is 0 Å². The summed E-state index contributed by atoms with van der Waals surface area (Å²) in [5.41, 5.74) is 1.65. The molecule has 1 aliphatic rings. The van der Waals surface area contributed by atoms with Crippen LogP contribution in [0, 0.1) is 11.3 Å². The zero-order valence-corrected chi connectivity index (χ0v) is 11.8. The molecule has 2 rings (SSSR count). The summed E-state index contributed by atoms with van der Waals surface area (Å²) in [5.74, 6) is 0. The van der Waals surface area contributed by atoms with Gasteiger partial charge >= 0.3 is 6.03 Å². The van der Waals surface area contributed by atoms with Crippen molar-refractivity contribution in [3.05, 3.63) is 29.8 Å². The van der Waals surface area contributed by atoms with Gasteiger partial charge in [-0.25, -0.2) is 4.79 Å². The summed E-state index contributed by atoms with van der Waals surface area (Å²) in [6.45, 7) is 5.66. The molecule has 0 unspecified atom stereocenters. The fourth-order valence-electron chi connectivity index (χ4n) is 2.34. The van der Waals surface area contributed by atoms with Crippen LogP contribution in [0.15, 0.2) is 24.3 Å². The van der Waals surface area contributed by atoms with E-state index in [0.717, 1.165) is 31.7 Å². The lowest BCUT2D eigenvalue weighted by molar-refractivity contribution is 0.194. The van der Waals surface area contributed by atoms with Crippen LogP contribution in [-0.4, -0.2) is 43.7 Å². The second kappa shape index (κ2) is 6.80. The smallest absolute Gasteiger partial charge is 0.317 e. The number of para-hydroxylation sites is 1. The van der Waals surface area contributed by atoms with Gasteiger partial charge in [0.25, 0.3) is 0 Å². The standard InChI is InChI=1S/C15H20N4O/c1-2-7-17-15(20)19-10-8-18(9-11-19)14-6-4-3-5-13(14)12-16/h3-6H,2,7-11H2,1H3,(H,17,20). The Hall–Kier alpha value is -2.22. The Balaban J connectivity index is 1.94. The van der Waals surface area contributed by atoms with E-state index in [9.17, 15) is 4.79 Å². The molecule has 2 amide bonds. The van der Waals surface area contributed by atoms with E-state index in [4.69, 9.17) is 5.26 Å². The van der Waals surface area contributed by atoms with Crippen molar-refractivity contribution in [1.29, 1.82) is 5.26 Å². The van der Waals surface area contributed by atoms with Gasteiger partial charge in [0.2, 0.25) is 0 Å². The van der Waals surface area contributed by atoms with Crippen LogP contribution in [0.5, 0.6) is 0 Å². The molecule has 0 aromatic heterocycles. The molecule has 5 heteroatoms. The molecule has 0 atom stereocenters. The molecule has 1 aliphatic heterocycles. The van der Waals surface area contributed by atoms with Crippen molar-refractivity contribution in [3.63, 3.8) is 0 Å². The Labute approximate surface area is 119 Å². The summed E-state index contributed by atoms with van der Waals surface area (Å²) in [6.07, 6.45) is 0.946. The number of carbonyl (C=O) groups is 1. The van der Waals surface area contributed by atoms with Gasteiger partial charge in [0, 0.05) is 32.7 Å². The molecule has 1 aromatic rings. The summed E-state index contributed by atoms with van der Waals surface area (Å²) >= 11 is 0. The van der Waals surface area contributed by atoms with Crippen LogP contribution in [0.2, 0.25) is 0 Å². The molecule has 106 valence electrons. The summed E-state index contributed by atoms with van der Waals surface area (Å²) in [4.78, 5) is 15.9. The average Bonchev–Trinajstić information content (AvgIpc) is 2.52. The number of hydrogen-bond acceptors (Lipinski definition) is 3. The lowest BCUT2D eigenvalue weighted by atomic mass is 10.1. The highest BCUT2D eigenvalue weighted by Gasteiger charge is 2.21. The molecule has 0 radical (unpaired) electrons. The maximum absolute atomic E-state index is 11.9. The number of piperazine rings is 1. The summed E-state index contributed by atoms with van der Waals surface area (Å²) < 4.78 is 0. The molecule has 0 spiro atoms. The number of benzene rings is 1. The monoisotopic (exact) mass is 272 g/mol. The van der Waals surface area contributed by atoms with Crippen molar-refractivity contribution in [2.24, 2.45) is 0 Å². The lowest BCUT2D eigenvalue weighted by Gasteiger charge is -2.36. The number of nitriles is 1. The van der Waals surface area contributed by atoms with Gasteiger partial charge in [0.15, 0.2) is 0 Å². The van der Waals surface area contributed by atoms with Gasteiger partial charge in [-0.15, -0.1) is 0 Å². The number of rotatable bonds is 3. The first-order valence-electron chi connectivity index (χ1n) is 7.03. The maximum atomic E-state index is 11.9. The Kier molecular flexibility index (Phi) is 4.83. The Morgan fingerprint density at radius 3 is 2.65 bits per heavy atom. The van der Waals surface area contributed by atoms with E-state index in [1.807, 2.05) is 36.1 Å². The van der Waals surface area contributed by atoms with Crippen molar-refractivity contribution in [2.45, 2.75) is 13.3 Å². The fourth-order valence-corrected chi connectivity index (χ4v) is 2.34. The first-order valence-corrected chi connectivity index (χ1v) is 7.03. The molecule has 20 heavy (non-hydrogen) atoms. The van der Waals surface area contributed by atoms with Gasteiger partial charge in [-0.2, -0.15) is 5.26 Å². The summed E-state index contributed by atoms with van der Waals surface area (Å²) in [6, 6.07) is 9.84. The molecule has 0 saturated carbocycles. The van der Waals surface area contributed by atoms with E-state index < -0.39 is 0 Å². The largest absolute Gasteiger partial charge is 0.367 e. The van der Waals surface area contributed by atoms with Crippen LogP contribution in [-0.2, 0) is 0 Å². The van der Waals surface area contributed by atoms with Crippen LogP contribution in [0.4, 0.5) is 10.5 Å². The summed E-state index contributed by atoms with van der Waals surface area (Å²) in [7, 11) is 0. The molecule has 1 heterocycles. The van der Waals surface area contributed by atoms with Crippen LogP contribution in [0.25, 0.3) is 0 Å². The summed E-state index contributed by atoms with van der Waals surface area (Å²) in [5, 5.41) is 12.0. The number of anilines is 1. The minimum Gasteiger partial charge on any atom is -0.367 e. The molecule has 1 N–H and O–H groups in total. The number of nitrogens with zero attached hydrogens (tertiary/aromatic N) is 3. The van der Waals surface area contributed by atoms with Gasteiger partial charge < -0.3 is 15.1 Å². The van der Waals surface area contributed by atoms with Crippen molar-refractivity contribution >= 4 is 11.7 Å². The number of hydrogen-bond donors (Lipinski definition) is 1. The second-order valence-electron chi connectivity index (χ2n) is 4.83. The second-order valence-corrected chi connectivity index (χ2v) is 4.83. The maximum Gasteiger partial charge on any atom is 0.317 e. The van der Waals surface area contributed by atoms with E-state index in [0.29, 0.717) is 18.7 Å². The molecule has 1 saturated heterocycles. The molecule has 5 nitrogen and oxygen atoms in total. The topological polar surface area (TPSA) is 59.4 Å². The number of nitrogens with one attached hydrogen (secondary N) is 1. The fraction of sp³-hybridized carbons (Fsp3) is 0.467. The van der Waals surface area contributed by atoms with E-state index >= 15 is 0 Å². The zero-order chi connectivity index (χ0) is 14.4. The molecule has 0 bridgehead atoms. The average molecular weight is 272 g/mol. The highest BCUT2D eigenvalue weighted by atomic mass is 16.2. The van der Waals surface area contributed by atoms with E-state index in [-0.39, 0.29) is 6.03 Å². The minimum absolute atomic E-state index is 0.0140. The van der Waals surface area contributed by atoms with Gasteiger partial charge in [-0.1, -0.05) is 19.1 Å². The Bertz CT molecular complexity index is 501. The third-order valence-corrected chi connectivity index (χ3v) is 3.46. The van der Waals surface area contributed by atoms with Gasteiger partial charge in [-0.05, 0) is 18.6 Å². The van der Waals surface area contributed by atoms with Gasteiger partial charge in [0.1, 0.15) is 6.07 Å². The molecule has 0 aliphatic carbocycles. The van der Waals surface area contributed by atoms with Crippen molar-refractivity contribution in [1.82, 2.24) is 10.2 Å². The van der Waals surface area contributed by atoms with Gasteiger partial charge in [0.05, 0.1) is 11.3 Å². The van der Waals surface area contributed by atoms with Crippen LogP contribution in [0.3, 0.4) is 0 Å². The lowest BCUT2D eigenvalue weighted by Crippen LogP contribution is -2.52. The molecule has 1 fully saturated rings. The minimum atomic E-state index is 0.0140.